The van der Waals surface area contributed by atoms with Gasteiger partial charge in [0, 0.05) is 12.1 Å². The molecule has 0 aliphatic rings. The topological polar surface area (TPSA) is 37.8 Å². The van der Waals surface area contributed by atoms with Gasteiger partial charge in [-0.15, -0.1) is 0 Å². The lowest BCUT2D eigenvalue weighted by Crippen LogP contribution is -2.05. The molecule has 0 aliphatic heterocycles. The van der Waals surface area contributed by atoms with Gasteiger partial charge >= 0.3 is 0 Å². The Balaban J connectivity index is 2.59. The first kappa shape index (κ1) is 14.0. The lowest BCUT2D eigenvalue weighted by atomic mass is 10.1. The van der Waals surface area contributed by atoms with Gasteiger partial charge in [-0.1, -0.05) is 17.7 Å². The Morgan fingerprint density at radius 3 is 2.58 bits per heavy atom. The number of anilines is 1. The maximum Gasteiger partial charge on any atom is 0.162 e. The number of hydrogen-bond acceptors (Lipinski definition) is 3. The monoisotopic (exact) mass is 319 g/mol. The Kier molecular flexibility index (Phi) is 4.20. The molecule has 0 saturated carbocycles. The van der Waals surface area contributed by atoms with Gasteiger partial charge in [-0.25, -0.2) is 9.97 Å². The molecule has 3 nitrogen and oxygen atoms in total. The molecule has 0 amide bonds. The van der Waals surface area contributed by atoms with E-state index >= 15 is 0 Å². The zero-order valence-corrected chi connectivity index (χ0v) is 13.3. The first-order valence-electron chi connectivity index (χ1n) is 6.38. The van der Waals surface area contributed by atoms with Crippen molar-refractivity contribution in [3.05, 3.63) is 39.5 Å². The third-order valence-corrected chi connectivity index (χ3v) is 3.94. The van der Waals surface area contributed by atoms with Crippen molar-refractivity contribution in [2.75, 3.05) is 11.9 Å². The first-order chi connectivity index (χ1) is 9.02. The highest BCUT2D eigenvalue weighted by atomic mass is 79.9. The van der Waals surface area contributed by atoms with Crippen molar-refractivity contribution in [3.63, 3.8) is 0 Å². The summed E-state index contributed by atoms with van der Waals surface area (Å²) < 4.78 is 0.934. The van der Waals surface area contributed by atoms with Gasteiger partial charge in [0.1, 0.15) is 5.82 Å². The molecule has 0 spiro atoms. The summed E-state index contributed by atoms with van der Waals surface area (Å²) in [5.74, 6) is 1.63. The van der Waals surface area contributed by atoms with Gasteiger partial charge in [0.25, 0.3) is 0 Å². The first-order valence-corrected chi connectivity index (χ1v) is 7.18. The molecule has 1 aromatic heterocycles. The highest BCUT2D eigenvalue weighted by Crippen LogP contribution is 2.28. The van der Waals surface area contributed by atoms with Crippen LogP contribution in [0.5, 0.6) is 0 Å². The van der Waals surface area contributed by atoms with Crippen molar-refractivity contribution < 1.29 is 0 Å². The van der Waals surface area contributed by atoms with Crippen LogP contribution < -0.4 is 5.32 Å². The minimum Gasteiger partial charge on any atom is -0.369 e. The third-order valence-electron chi connectivity index (χ3n) is 3.00. The van der Waals surface area contributed by atoms with Crippen LogP contribution in [0.4, 0.5) is 5.82 Å². The molecule has 2 aromatic rings. The SMILES string of the molecule is CCNc1nc(-c2cc(C)ccc2C)nc(C)c1Br. The second-order valence-electron chi connectivity index (χ2n) is 4.64. The van der Waals surface area contributed by atoms with Crippen molar-refractivity contribution in [3.8, 4) is 11.4 Å². The van der Waals surface area contributed by atoms with Crippen LogP contribution in [-0.4, -0.2) is 16.5 Å². The molecule has 1 N–H and O–H groups in total. The summed E-state index contributed by atoms with van der Waals surface area (Å²) in [5, 5.41) is 3.26. The fourth-order valence-corrected chi connectivity index (χ4v) is 2.26. The van der Waals surface area contributed by atoms with E-state index in [1.165, 1.54) is 11.1 Å². The number of rotatable bonds is 3. The van der Waals surface area contributed by atoms with Crippen molar-refractivity contribution >= 4 is 21.7 Å². The number of nitrogens with zero attached hydrogens (tertiary/aromatic N) is 2. The average molecular weight is 320 g/mol. The zero-order valence-electron chi connectivity index (χ0n) is 11.7. The quantitative estimate of drug-likeness (QED) is 0.918. The van der Waals surface area contributed by atoms with Crippen LogP contribution in [0, 0.1) is 20.8 Å². The number of aryl methyl sites for hydroxylation is 3. The lowest BCUT2D eigenvalue weighted by molar-refractivity contribution is 1.06. The van der Waals surface area contributed by atoms with Crippen molar-refractivity contribution in [1.29, 1.82) is 0 Å². The van der Waals surface area contributed by atoms with Crippen molar-refractivity contribution in [1.82, 2.24) is 9.97 Å². The van der Waals surface area contributed by atoms with Gasteiger partial charge in [0.05, 0.1) is 10.2 Å². The maximum absolute atomic E-state index is 4.63. The Hall–Kier alpha value is -1.42. The molecular weight excluding hydrogens is 302 g/mol. The van der Waals surface area contributed by atoms with Gasteiger partial charge in [0.15, 0.2) is 5.82 Å². The Bertz CT molecular complexity index is 609. The van der Waals surface area contributed by atoms with E-state index in [1.54, 1.807) is 0 Å². The number of halogens is 1. The van der Waals surface area contributed by atoms with Gasteiger partial charge in [-0.3, -0.25) is 0 Å². The number of hydrogen-bond donors (Lipinski definition) is 1. The van der Waals surface area contributed by atoms with Crippen LogP contribution in [0.2, 0.25) is 0 Å². The predicted octanol–water partition coefficient (Wildman–Crippen LogP) is 4.26. The smallest absolute Gasteiger partial charge is 0.162 e. The van der Waals surface area contributed by atoms with E-state index < -0.39 is 0 Å². The van der Waals surface area contributed by atoms with Gasteiger partial charge in [0.2, 0.25) is 0 Å². The minimum atomic E-state index is 0.776. The second kappa shape index (κ2) is 5.70. The highest BCUT2D eigenvalue weighted by Gasteiger charge is 2.12. The number of aromatic nitrogens is 2. The van der Waals surface area contributed by atoms with Gasteiger partial charge in [-0.2, -0.15) is 0 Å². The molecule has 0 atom stereocenters. The molecule has 4 heteroatoms. The van der Waals surface area contributed by atoms with Crippen molar-refractivity contribution in [2.45, 2.75) is 27.7 Å². The molecular formula is C15H18BrN3. The van der Waals surface area contributed by atoms with E-state index in [-0.39, 0.29) is 0 Å². The molecule has 0 unspecified atom stereocenters. The average Bonchev–Trinajstić information content (AvgIpc) is 2.38. The summed E-state index contributed by atoms with van der Waals surface area (Å²) in [4.78, 5) is 9.22. The van der Waals surface area contributed by atoms with Crippen LogP contribution in [0.3, 0.4) is 0 Å². The van der Waals surface area contributed by atoms with E-state index in [1.807, 2.05) is 6.92 Å². The highest BCUT2D eigenvalue weighted by molar-refractivity contribution is 9.10. The summed E-state index contributed by atoms with van der Waals surface area (Å²) in [6.07, 6.45) is 0. The molecule has 0 aliphatic carbocycles. The summed E-state index contributed by atoms with van der Waals surface area (Å²) in [6, 6.07) is 6.35. The van der Waals surface area contributed by atoms with E-state index in [9.17, 15) is 0 Å². The normalized spacial score (nSPS) is 10.6. The molecule has 1 aromatic carbocycles. The van der Waals surface area contributed by atoms with Crippen LogP contribution in [0.25, 0.3) is 11.4 Å². The Morgan fingerprint density at radius 2 is 1.89 bits per heavy atom. The largest absolute Gasteiger partial charge is 0.369 e. The van der Waals surface area contributed by atoms with Gasteiger partial charge < -0.3 is 5.32 Å². The summed E-state index contributed by atoms with van der Waals surface area (Å²) in [5.41, 5.74) is 4.45. The fourth-order valence-electron chi connectivity index (χ4n) is 1.94. The number of benzene rings is 1. The fraction of sp³-hybridized carbons (Fsp3) is 0.333. The molecule has 0 radical (unpaired) electrons. The van der Waals surface area contributed by atoms with Crippen LogP contribution in [0.1, 0.15) is 23.7 Å². The summed E-state index contributed by atoms with van der Waals surface area (Å²) in [7, 11) is 0. The van der Waals surface area contributed by atoms with Gasteiger partial charge in [-0.05, 0) is 55.3 Å². The summed E-state index contributed by atoms with van der Waals surface area (Å²) >= 11 is 3.53. The Morgan fingerprint density at radius 1 is 1.16 bits per heavy atom. The molecule has 2 rings (SSSR count). The van der Waals surface area contributed by atoms with E-state index in [2.05, 4.69) is 70.2 Å². The third kappa shape index (κ3) is 2.95. The molecule has 0 fully saturated rings. The molecule has 1 heterocycles. The molecule has 0 bridgehead atoms. The summed E-state index contributed by atoms with van der Waals surface area (Å²) in [6.45, 7) is 9.05. The van der Waals surface area contributed by atoms with E-state index in [0.29, 0.717) is 0 Å². The Labute approximate surface area is 122 Å². The maximum atomic E-state index is 4.63. The molecule has 100 valence electrons. The molecule has 0 saturated heterocycles. The lowest BCUT2D eigenvalue weighted by Gasteiger charge is -2.12. The van der Waals surface area contributed by atoms with Crippen LogP contribution in [-0.2, 0) is 0 Å². The number of nitrogens with one attached hydrogen (secondary N) is 1. The van der Waals surface area contributed by atoms with E-state index in [0.717, 1.165) is 33.9 Å². The molecule has 19 heavy (non-hydrogen) atoms. The second-order valence-corrected chi connectivity index (χ2v) is 5.44. The van der Waals surface area contributed by atoms with Crippen LogP contribution in [0.15, 0.2) is 22.7 Å². The van der Waals surface area contributed by atoms with Crippen LogP contribution >= 0.6 is 15.9 Å². The predicted molar refractivity (Wildman–Crippen MR) is 83.5 cm³/mol. The van der Waals surface area contributed by atoms with E-state index in [4.69, 9.17) is 0 Å². The van der Waals surface area contributed by atoms with Crippen molar-refractivity contribution in [2.24, 2.45) is 0 Å². The minimum absolute atomic E-state index is 0.776. The standard InChI is InChI=1S/C15H18BrN3/c1-5-17-15-13(16)11(4)18-14(19-15)12-8-9(2)6-7-10(12)3/h6-8H,5H2,1-4H3,(H,17,18,19). The zero-order chi connectivity index (χ0) is 14.0.